The first-order chi connectivity index (χ1) is 11.9. The van der Waals surface area contributed by atoms with Crippen LogP contribution in [0.15, 0.2) is 53.7 Å². The number of nitrogens with zero attached hydrogens (tertiary/aromatic N) is 1. The fourth-order valence-electron chi connectivity index (χ4n) is 1.94. The van der Waals surface area contributed by atoms with Crippen LogP contribution in [-0.4, -0.2) is 26.0 Å². The predicted octanol–water partition coefficient (Wildman–Crippen LogP) is 2.34. The molecule has 3 N–H and O–H groups in total. The molecule has 0 atom stereocenters. The molecule has 0 radical (unpaired) electrons. The minimum Gasteiger partial charge on any atom is -0.334 e. The molecule has 0 saturated heterocycles. The minimum absolute atomic E-state index is 0.163. The molecular weight excluding hydrogens is 340 g/mol. The predicted molar refractivity (Wildman–Crippen MR) is 96.6 cm³/mol. The zero-order valence-corrected chi connectivity index (χ0v) is 15.0. The molecule has 2 aromatic rings. The molecule has 0 spiro atoms. The fraction of sp³-hybridized carbons (Fsp3) is 0.294. The molecule has 25 heavy (non-hydrogen) atoms. The average molecular weight is 362 g/mol. The number of sulfonamides is 1. The van der Waals surface area contributed by atoms with E-state index in [2.05, 4.69) is 20.3 Å². The molecule has 0 bridgehead atoms. The molecule has 0 aliphatic rings. The summed E-state index contributed by atoms with van der Waals surface area (Å²) in [5, 5.41) is 5.38. The molecule has 0 aliphatic carbocycles. The Hall–Kier alpha value is -2.45. The molecule has 2 rings (SSSR count). The van der Waals surface area contributed by atoms with Gasteiger partial charge >= 0.3 is 6.03 Å². The van der Waals surface area contributed by atoms with Crippen molar-refractivity contribution in [1.82, 2.24) is 15.0 Å². The van der Waals surface area contributed by atoms with E-state index >= 15 is 0 Å². The van der Waals surface area contributed by atoms with Gasteiger partial charge in [-0.3, -0.25) is 4.98 Å². The van der Waals surface area contributed by atoms with Crippen LogP contribution in [0.4, 0.5) is 10.5 Å². The lowest BCUT2D eigenvalue weighted by molar-refractivity contribution is 0.251. The van der Waals surface area contributed by atoms with Crippen LogP contribution in [0.1, 0.15) is 19.4 Å². The van der Waals surface area contributed by atoms with Gasteiger partial charge < -0.3 is 10.6 Å². The number of hydrogen-bond acceptors (Lipinski definition) is 4. The Balaban J connectivity index is 1.90. The summed E-state index contributed by atoms with van der Waals surface area (Å²) in [6, 6.07) is 9.27. The van der Waals surface area contributed by atoms with Gasteiger partial charge in [0.1, 0.15) is 0 Å². The quantitative estimate of drug-likeness (QED) is 0.704. The van der Waals surface area contributed by atoms with Crippen LogP contribution in [0.3, 0.4) is 0 Å². The van der Waals surface area contributed by atoms with Crippen LogP contribution in [0.5, 0.6) is 0 Å². The summed E-state index contributed by atoms with van der Waals surface area (Å²) in [5.74, 6) is 0.222. The molecule has 7 nitrogen and oxygen atoms in total. The van der Waals surface area contributed by atoms with Crippen molar-refractivity contribution in [2.75, 3.05) is 11.9 Å². The maximum atomic E-state index is 12.1. The molecule has 0 aliphatic heterocycles. The topological polar surface area (TPSA) is 100 Å². The number of aromatic nitrogens is 1. The zero-order chi connectivity index (χ0) is 18.3. The number of carbonyl (C=O) groups excluding carboxylic acids is 1. The van der Waals surface area contributed by atoms with Crippen molar-refractivity contribution >= 4 is 21.7 Å². The SMILES string of the molecule is CC(C)CNS(=O)(=O)c1ccc(NC(=O)NCc2ccncc2)cc1. The maximum Gasteiger partial charge on any atom is 0.319 e. The standard InChI is InChI=1S/C17H22N4O3S/c1-13(2)11-20-25(23,24)16-5-3-15(4-6-16)21-17(22)19-12-14-7-9-18-10-8-14/h3-10,13,20H,11-12H2,1-2H3,(H2,19,21,22). The van der Waals surface area contributed by atoms with Crippen molar-refractivity contribution < 1.29 is 13.2 Å². The highest BCUT2D eigenvalue weighted by molar-refractivity contribution is 7.89. The van der Waals surface area contributed by atoms with Gasteiger partial charge in [0.2, 0.25) is 10.0 Å². The van der Waals surface area contributed by atoms with E-state index in [0.29, 0.717) is 18.8 Å². The lowest BCUT2D eigenvalue weighted by Crippen LogP contribution is -2.28. The van der Waals surface area contributed by atoms with Gasteiger partial charge in [-0.15, -0.1) is 0 Å². The summed E-state index contributed by atoms with van der Waals surface area (Å²) in [6.45, 7) is 4.61. The highest BCUT2D eigenvalue weighted by atomic mass is 32.2. The van der Waals surface area contributed by atoms with Crippen LogP contribution in [-0.2, 0) is 16.6 Å². The van der Waals surface area contributed by atoms with E-state index in [0.717, 1.165) is 5.56 Å². The molecule has 1 heterocycles. The van der Waals surface area contributed by atoms with Gasteiger partial charge in [0, 0.05) is 31.2 Å². The van der Waals surface area contributed by atoms with E-state index in [4.69, 9.17) is 0 Å². The van der Waals surface area contributed by atoms with Crippen LogP contribution >= 0.6 is 0 Å². The number of urea groups is 1. The number of anilines is 1. The van der Waals surface area contributed by atoms with Crippen LogP contribution in [0.25, 0.3) is 0 Å². The first-order valence-electron chi connectivity index (χ1n) is 7.90. The van der Waals surface area contributed by atoms with Crippen LogP contribution in [0, 0.1) is 5.92 Å². The number of benzene rings is 1. The van der Waals surface area contributed by atoms with E-state index in [-0.39, 0.29) is 16.8 Å². The van der Waals surface area contributed by atoms with Crippen molar-refractivity contribution in [3.8, 4) is 0 Å². The number of carbonyl (C=O) groups is 1. The first-order valence-corrected chi connectivity index (χ1v) is 9.38. The molecule has 0 saturated carbocycles. The number of amides is 2. The van der Waals surface area contributed by atoms with E-state index in [9.17, 15) is 13.2 Å². The molecule has 134 valence electrons. The van der Waals surface area contributed by atoms with E-state index in [1.165, 1.54) is 12.1 Å². The van der Waals surface area contributed by atoms with Crippen molar-refractivity contribution in [2.45, 2.75) is 25.3 Å². The molecule has 2 amide bonds. The summed E-state index contributed by atoms with van der Waals surface area (Å²) in [6.07, 6.45) is 3.31. The van der Waals surface area contributed by atoms with Crippen LogP contribution < -0.4 is 15.4 Å². The molecule has 1 aromatic heterocycles. The first kappa shape index (κ1) is 18.9. The third-order valence-corrected chi connectivity index (χ3v) is 4.75. The molecule has 0 unspecified atom stereocenters. The maximum absolute atomic E-state index is 12.1. The summed E-state index contributed by atoms with van der Waals surface area (Å²) in [4.78, 5) is 15.9. The Kier molecular flexibility index (Phi) is 6.49. The number of hydrogen-bond donors (Lipinski definition) is 3. The Morgan fingerprint density at radius 1 is 1.08 bits per heavy atom. The second kappa shape index (κ2) is 8.59. The van der Waals surface area contributed by atoms with E-state index < -0.39 is 10.0 Å². The molecule has 0 fully saturated rings. The highest BCUT2D eigenvalue weighted by Crippen LogP contribution is 2.14. The average Bonchev–Trinajstić information content (AvgIpc) is 2.60. The van der Waals surface area contributed by atoms with Gasteiger partial charge in [0.25, 0.3) is 0 Å². The highest BCUT2D eigenvalue weighted by Gasteiger charge is 2.14. The summed E-state index contributed by atoms with van der Waals surface area (Å²) >= 11 is 0. The Bertz CT molecular complexity index is 790. The Morgan fingerprint density at radius 3 is 2.32 bits per heavy atom. The molecule has 8 heteroatoms. The number of pyridine rings is 1. The number of rotatable bonds is 7. The second-order valence-electron chi connectivity index (χ2n) is 5.93. The van der Waals surface area contributed by atoms with Gasteiger partial charge in [-0.1, -0.05) is 13.8 Å². The Labute approximate surface area is 147 Å². The van der Waals surface area contributed by atoms with Gasteiger partial charge in [-0.2, -0.15) is 0 Å². The van der Waals surface area contributed by atoms with Crippen molar-refractivity contribution in [3.63, 3.8) is 0 Å². The fourth-order valence-corrected chi connectivity index (χ4v) is 3.15. The van der Waals surface area contributed by atoms with Gasteiger partial charge in [0.15, 0.2) is 0 Å². The van der Waals surface area contributed by atoms with E-state index in [1.807, 2.05) is 26.0 Å². The van der Waals surface area contributed by atoms with Crippen molar-refractivity contribution in [1.29, 1.82) is 0 Å². The summed E-state index contributed by atoms with van der Waals surface area (Å²) in [5.41, 5.74) is 1.44. The smallest absolute Gasteiger partial charge is 0.319 e. The lowest BCUT2D eigenvalue weighted by Gasteiger charge is -2.10. The monoisotopic (exact) mass is 362 g/mol. The third kappa shape index (κ3) is 6.17. The van der Waals surface area contributed by atoms with Crippen molar-refractivity contribution in [2.24, 2.45) is 5.92 Å². The molecule has 1 aromatic carbocycles. The van der Waals surface area contributed by atoms with Gasteiger partial charge in [-0.25, -0.2) is 17.9 Å². The summed E-state index contributed by atoms with van der Waals surface area (Å²) in [7, 11) is -3.53. The minimum atomic E-state index is -3.53. The largest absolute Gasteiger partial charge is 0.334 e. The van der Waals surface area contributed by atoms with E-state index in [1.54, 1.807) is 24.5 Å². The number of nitrogens with one attached hydrogen (secondary N) is 3. The normalized spacial score (nSPS) is 11.3. The van der Waals surface area contributed by atoms with Gasteiger partial charge in [-0.05, 0) is 47.9 Å². The molecular formula is C17H22N4O3S. The van der Waals surface area contributed by atoms with Gasteiger partial charge in [0.05, 0.1) is 4.90 Å². The lowest BCUT2D eigenvalue weighted by atomic mass is 10.2. The second-order valence-corrected chi connectivity index (χ2v) is 7.70. The Morgan fingerprint density at radius 2 is 1.72 bits per heavy atom. The zero-order valence-electron chi connectivity index (χ0n) is 14.2. The summed E-state index contributed by atoms with van der Waals surface area (Å²) < 4.78 is 26.8. The van der Waals surface area contributed by atoms with Crippen LogP contribution in [0.2, 0.25) is 0 Å². The third-order valence-electron chi connectivity index (χ3n) is 3.31. The van der Waals surface area contributed by atoms with Crippen molar-refractivity contribution in [3.05, 3.63) is 54.4 Å².